The first-order valence-electron chi connectivity index (χ1n) is 6.92. The Bertz CT molecular complexity index is 343. The average Bonchev–Trinajstić information content (AvgIpc) is 3.18. The van der Waals surface area contributed by atoms with E-state index in [9.17, 15) is 0 Å². The summed E-state index contributed by atoms with van der Waals surface area (Å²) < 4.78 is 0. The highest BCUT2D eigenvalue weighted by atomic mass is 15.0. The maximum absolute atomic E-state index is 3.75. The third-order valence-electron chi connectivity index (χ3n) is 4.15. The van der Waals surface area contributed by atoms with Gasteiger partial charge < -0.3 is 10.6 Å². The molecule has 2 atom stereocenters. The molecule has 1 heterocycles. The number of benzene rings is 1. The van der Waals surface area contributed by atoms with E-state index < -0.39 is 0 Å². The summed E-state index contributed by atoms with van der Waals surface area (Å²) in [5.74, 6) is 1.67. The van der Waals surface area contributed by atoms with Gasteiger partial charge in [0.15, 0.2) is 0 Å². The summed E-state index contributed by atoms with van der Waals surface area (Å²) in [7, 11) is 0. The lowest BCUT2D eigenvalue weighted by Crippen LogP contribution is -2.34. The zero-order valence-electron chi connectivity index (χ0n) is 10.4. The van der Waals surface area contributed by atoms with Crippen LogP contribution in [0, 0.1) is 5.92 Å². The van der Waals surface area contributed by atoms with E-state index in [0.29, 0.717) is 0 Å². The van der Waals surface area contributed by atoms with Crippen LogP contribution in [0.25, 0.3) is 0 Å². The van der Waals surface area contributed by atoms with E-state index in [1.807, 2.05) is 0 Å². The van der Waals surface area contributed by atoms with E-state index in [2.05, 4.69) is 41.0 Å². The van der Waals surface area contributed by atoms with Crippen molar-refractivity contribution in [2.45, 2.75) is 31.2 Å². The molecule has 1 saturated heterocycles. The molecule has 2 heteroatoms. The fraction of sp³-hybridized carbons (Fsp3) is 0.600. The number of hydrogen-bond donors (Lipinski definition) is 2. The Kier molecular flexibility index (Phi) is 3.44. The maximum Gasteiger partial charge on any atom is 0.0143 e. The highest BCUT2D eigenvalue weighted by Crippen LogP contribution is 2.40. The third-order valence-corrected chi connectivity index (χ3v) is 4.15. The van der Waals surface area contributed by atoms with Crippen LogP contribution < -0.4 is 10.6 Å². The van der Waals surface area contributed by atoms with Gasteiger partial charge in [-0.1, -0.05) is 30.3 Å². The van der Waals surface area contributed by atoms with E-state index in [4.69, 9.17) is 0 Å². The molecule has 2 unspecified atom stereocenters. The molecule has 0 aromatic heterocycles. The van der Waals surface area contributed by atoms with Gasteiger partial charge in [0.1, 0.15) is 0 Å². The number of piperidine rings is 1. The Labute approximate surface area is 104 Å². The topological polar surface area (TPSA) is 24.1 Å². The van der Waals surface area contributed by atoms with Gasteiger partial charge in [0.05, 0.1) is 0 Å². The summed E-state index contributed by atoms with van der Waals surface area (Å²) in [6.45, 7) is 3.63. The third kappa shape index (κ3) is 2.88. The van der Waals surface area contributed by atoms with Crippen LogP contribution in [-0.4, -0.2) is 25.7 Å². The average molecular weight is 230 g/mol. The second kappa shape index (κ2) is 5.19. The van der Waals surface area contributed by atoms with Gasteiger partial charge in [-0.2, -0.15) is 0 Å². The largest absolute Gasteiger partial charge is 0.317 e. The molecule has 2 nitrogen and oxygen atoms in total. The summed E-state index contributed by atoms with van der Waals surface area (Å²) in [4.78, 5) is 0. The summed E-state index contributed by atoms with van der Waals surface area (Å²) in [6.07, 6.45) is 4.01. The second-order valence-corrected chi connectivity index (χ2v) is 5.46. The summed E-state index contributed by atoms with van der Waals surface area (Å²) in [5, 5.41) is 7.17. The van der Waals surface area contributed by atoms with Crippen molar-refractivity contribution >= 4 is 0 Å². The minimum atomic E-state index is 0.743. The maximum atomic E-state index is 3.75. The summed E-state index contributed by atoms with van der Waals surface area (Å²) >= 11 is 0. The Morgan fingerprint density at radius 2 is 1.88 bits per heavy atom. The van der Waals surface area contributed by atoms with E-state index in [1.165, 1.54) is 44.5 Å². The molecule has 0 spiro atoms. The standard InChI is InChI=1S/C15H22N2/c1-2-4-13(5-3-1)14-10-15(14)17-11-12-6-8-16-9-7-12/h1-5,12,14-17H,6-11H2. The van der Waals surface area contributed by atoms with E-state index >= 15 is 0 Å². The Morgan fingerprint density at radius 1 is 1.12 bits per heavy atom. The van der Waals surface area contributed by atoms with Crippen molar-refractivity contribution in [2.75, 3.05) is 19.6 Å². The highest BCUT2D eigenvalue weighted by Gasteiger charge is 2.37. The molecule has 0 amide bonds. The van der Waals surface area contributed by atoms with E-state index in [1.54, 1.807) is 0 Å². The molecule has 0 bridgehead atoms. The second-order valence-electron chi connectivity index (χ2n) is 5.46. The van der Waals surface area contributed by atoms with Crippen LogP contribution in [0.2, 0.25) is 0 Å². The molecule has 1 saturated carbocycles. The monoisotopic (exact) mass is 230 g/mol. The first-order valence-corrected chi connectivity index (χ1v) is 6.92. The zero-order valence-corrected chi connectivity index (χ0v) is 10.4. The quantitative estimate of drug-likeness (QED) is 0.828. The van der Waals surface area contributed by atoms with Crippen LogP contribution in [0.15, 0.2) is 30.3 Å². The molecule has 17 heavy (non-hydrogen) atoms. The molecule has 2 N–H and O–H groups in total. The van der Waals surface area contributed by atoms with Gasteiger partial charge in [-0.25, -0.2) is 0 Å². The van der Waals surface area contributed by atoms with Crippen molar-refractivity contribution < 1.29 is 0 Å². The SMILES string of the molecule is c1ccc(C2CC2NCC2CCNCC2)cc1. The van der Waals surface area contributed by atoms with Crippen LogP contribution in [0.4, 0.5) is 0 Å². The molecular formula is C15H22N2. The first-order chi connectivity index (χ1) is 8.43. The normalized spacial score (nSPS) is 29.2. The minimum Gasteiger partial charge on any atom is -0.317 e. The predicted octanol–water partition coefficient (Wildman–Crippen LogP) is 2.13. The lowest BCUT2D eigenvalue weighted by atomic mass is 9.98. The Morgan fingerprint density at radius 3 is 2.65 bits per heavy atom. The fourth-order valence-electron chi connectivity index (χ4n) is 2.89. The van der Waals surface area contributed by atoms with Crippen LogP contribution in [0.1, 0.15) is 30.7 Å². The highest BCUT2D eigenvalue weighted by molar-refractivity contribution is 5.27. The molecule has 1 aliphatic carbocycles. The number of nitrogens with one attached hydrogen (secondary N) is 2. The Hall–Kier alpha value is -0.860. The van der Waals surface area contributed by atoms with Gasteiger partial charge in [0.25, 0.3) is 0 Å². The minimum absolute atomic E-state index is 0.743. The van der Waals surface area contributed by atoms with Gasteiger partial charge in [0.2, 0.25) is 0 Å². The van der Waals surface area contributed by atoms with Crippen LogP contribution in [-0.2, 0) is 0 Å². The summed E-state index contributed by atoms with van der Waals surface area (Å²) in [6, 6.07) is 11.7. The van der Waals surface area contributed by atoms with Crippen LogP contribution in [0.5, 0.6) is 0 Å². The smallest absolute Gasteiger partial charge is 0.0143 e. The van der Waals surface area contributed by atoms with Gasteiger partial charge >= 0.3 is 0 Å². The molecule has 3 rings (SSSR count). The van der Waals surface area contributed by atoms with Crippen LogP contribution >= 0.6 is 0 Å². The number of hydrogen-bond acceptors (Lipinski definition) is 2. The van der Waals surface area contributed by atoms with E-state index in [0.717, 1.165) is 17.9 Å². The predicted molar refractivity (Wildman–Crippen MR) is 71.2 cm³/mol. The lowest BCUT2D eigenvalue weighted by Gasteiger charge is -2.22. The molecule has 1 aliphatic heterocycles. The van der Waals surface area contributed by atoms with Crippen molar-refractivity contribution in [2.24, 2.45) is 5.92 Å². The van der Waals surface area contributed by atoms with Gasteiger partial charge in [-0.15, -0.1) is 0 Å². The van der Waals surface area contributed by atoms with Crippen molar-refractivity contribution in [3.05, 3.63) is 35.9 Å². The molecule has 2 aliphatic rings. The Balaban J connectivity index is 1.43. The molecule has 92 valence electrons. The zero-order chi connectivity index (χ0) is 11.5. The van der Waals surface area contributed by atoms with E-state index in [-0.39, 0.29) is 0 Å². The summed E-state index contributed by atoms with van der Waals surface area (Å²) in [5.41, 5.74) is 1.51. The van der Waals surface area contributed by atoms with Crippen molar-refractivity contribution in [3.8, 4) is 0 Å². The molecule has 1 aromatic carbocycles. The molecule has 1 aromatic rings. The molecule has 0 radical (unpaired) electrons. The van der Waals surface area contributed by atoms with Gasteiger partial charge in [-0.05, 0) is 50.4 Å². The van der Waals surface area contributed by atoms with Crippen molar-refractivity contribution in [1.82, 2.24) is 10.6 Å². The lowest BCUT2D eigenvalue weighted by molar-refractivity contribution is 0.355. The van der Waals surface area contributed by atoms with Gasteiger partial charge in [0, 0.05) is 12.0 Å². The van der Waals surface area contributed by atoms with Crippen LogP contribution in [0.3, 0.4) is 0 Å². The number of rotatable bonds is 4. The van der Waals surface area contributed by atoms with Gasteiger partial charge in [-0.3, -0.25) is 0 Å². The van der Waals surface area contributed by atoms with Crippen molar-refractivity contribution in [3.63, 3.8) is 0 Å². The van der Waals surface area contributed by atoms with Crippen molar-refractivity contribution in [1.29, 1.82) is 0 Å². The molecule has 2 fully saturated rings. The molecular weight excluding hydrogens is 208 g/mol. The fourth-order valence-corrected chi connectivity index (χ4v) is 2.89. The first kappa shape index (κ1) is 11.2.